The predicted octanol–water partition coefficient (Wildman–Crippen LogP) is 1.22. The number of urea groups is 1. The summed E-state index contributed by atoms with van der Waals surface area (Å²) in [6, 6.07) is -0.610. The third-order valence-corrected chi connectivity index (χ3v) is 1.25. The van der Waals surface area contributed by atoms with Gasteiger partial charge in [-0.1, -0.05) is 13.3 Å². The van der Waals surface area contributed by atoms with Gasteiger partial charge in [0.15, 0.2) is 0 Å². The highest BCUT2D eigenvalue weighted by Crippen LogP contribution is 1.95. The molecule has 0 aliphatic heterocycles. The van der Waals surface area contributed by atoms with E-state index < -0.39 is 6.03 Å². The lowest BCUT2D eigenvalue weighted by molar-refractivity contribution is 0.249. The molecule has 0 aromatic carbocycles. The van der Waals surface area contributed by atoms with E-state index in [-0.39, 0.29) is 0 Å². The van der Waals surface area contributed by atoms with E-state index in [4.69, 9.17) is 5.73 Å². The smallest absolute Gasteiger partial charge is 0.332 e. The van der Waals surface area contributed by atoms with E-state index in [9.17, 15) is 4.79 Å². The molecule has 0 spiro atoms. The van der Waals surface area contributed by atoms with Gasteiger partial charge in [0.2, 0.25) is 0 Å². The number of carbonyl (C=O) groups is 1. The Kier molecular flexibility index (Phi) is 5.15. The summed E-state index contributed by atoms with van der Waals surface area (Å²) in [6.07, 6.45) is 3.13. The molecule has 0 aromatic rings. The van der Waals surface area contributed by atoms with E-state index in [0.29, 0.717) is 0 Å². The Morgan fingerprint density at radius 1 is 1.64 bits per heavy atom. The lowest BCUT2D eigenvalue weighted by Gasteiger charge is -1.97. The van der Waals surface area contributed by atoms with Gasteiger partial charge in [-0.25, -0.2) is 10.2 Å². The number of hydrazone groups is 1. The molecule has 4 heteroatoms. The van der Waals surface area contributed by atoms with Crippen molar-refractivity contribution in [1.29, 1.82) is 0 Å². The molecule has 0 aliphatic rings. The molecule has 11 heavy (non-hydrogen) atoms. The molecule has 3 N–H and O–H groups in total. The Morgan fingerprint density at radius 3 is 2.73 bits per heavy atom. The Morgan fingerprint density at radius 2 is 2.27 bits per heavy atom. The summed E-state index contributed by atoms with van der Waals surface area (Å²) in [5, 5.41) is 3.75. The monoisotopic (exact) mass is 157 g/mol. The first-order valence-electron chi connectivity index (χ1n) is 3.75. The van der Waals surface area contributed by atoms with Gasteiger partial charge in [0, 0.05) is 5.71 Å². The van der Waals surface area contributed by atoms with Crippen LogP contribution in [0, 0.1) is 0 Å². The summed E-state index contributed by atoms with van der Waals surface area (Å²) >= 11 is 0. The van der Waals surface area contributed by atoms with Crippen LogP contribution in [-0.4, -0.2) is 11.7 Å². The number of primary amides is 1. The second kappa shape index (κ2) is 5.70. The minimum absolute atomic E-state index is 0.610. The van der Waals surface area contributed by atoms with Crippen LogP contribution < -0.4 is 11.2 Å². The molecule has 0 saturated heterocycles. The van der Waals surface area contributed by atoms with Crippen LogP contribution in [-0.2, 0) is 0 Å². The van der Waals surface area contributed by atoms with Gasteiger partial charge in [-0.3, -0.25) is 0 Å². The van der Waals surface area contributed by atoms with Crippen molar-refractivity contribution in [2.75, 3.05) is 0 Å². The molecule has 0 fully saturated rings. The third-order valence-electron chi connectivity index (χ3n) is 1.25. The van der Waals surface area contributed by atoms with E-state index in [1.807, 2.05) is 6.92 Å². The lowest BCUT2D eigenvalue weighted by atomic mass is 10.2. The first-order valence-corrected chi connectivity index (χ1v) is 3.75. The van der Waals surface area contributed by atoms with Crippen LogP contribution in [0.4, 0.5) is 4.79 Å². The maximum Gasteiger partial charge on any atom is 0.332 e. The lowest BCUT2D eigenvalue weighted by Crippen LogP contribution is -2.25. The largest absolute Gasteiger partial charge is 0.350 e. The van der Waals surface area contributed by atoms with Crippen LogP contribution in [0.2, 0.25) is 0 Å². The van der Waals surface area contributed by atoms with Gasteiger partial charge in [-0.05, 0) is 19.8 Å². The fourth-order valence-electron chi connectivity index (χ4n) is 0.639. The molecule has 4 nitrogen and oxygen atoms in total. The Bertz CT molecular complexity index is 154. The second-order valence-corrected chi connectivity index (χ2v) is 2.43. The van der Waals surface area contributed by atoms with Crippen LogP contribution in [0.1, 0.15) is 33.1 Å². The fourth-order valence-corrected chi connectivity index (χ4v) is 0.639. The van der Waals surface area contributed by atoms with Crippen LogP contribution in [0.5, 0.6) is 0 Å². The molecule has 0 rings (SSSR count). The topological polar surface area (TPSA) is 67.5 Å². The molecule has 0 unspecified atom stereocenters. The van der Waals surface area contributed by atoms with Crippen LogP contribution in [0.25, 0.3) is 0 Å². The summed E-state index contributed by atoms with van der Waals surface area (Å²) in [6.45, 7) is 3.97. The highest BCUT2D eigenvalue weighted by Gasteiger charge is 1.91. The number of hydrogen-bond acceptors (Lipinski definition) is 2. The number of nitrogens with zero attached hydrogens (tertiary/aromatic N) is 1. The van der Waals surface area contributed by atoms with E-state index in [1.165, 1.54) is 0 Å². The number of amides is 2. The minimum Gasteiger partial charge on any atom is -0.350 e. The van der Waals surface area contributed by atoms with Crippen LogP contribution in [0.3, 0.4) is 0 Å². The molecular weight excluding hydrogens is 142 g/mol. The van der Waals surface area contributed by atoms with Gasteiger partial charge < -0.3 is 5.73 Å². The molecule has 0 radical (unpaired) electrons. The van der Waals surface area contributed by atoms with Crippen molar-refractivity contribution in [3.05, 3.63) is 0 Å². The van der Waals surface area contributed by atoms with Crippen molar-refractivity contribution in [3.63, 3.8) is 0 Å². The number of rotatable bonds is 4. The number of nitrogens with one attached hydrogen (secondary N) is 1. The number of carbonyl (C=O) groups excluding carboxylic acids is 1. The zero-order valence-electron chi connectivity index (χ0n) is 7.05. The Balaban J connectivity index is 3.54. The van der Waals surface area contributed by atoms with Gasteiger partial charge in [-0.2, -0.15) is 5.10 Å². The van der Waals surface area contributed by atoms with Crippen LogP contribution >= 0.6 is 0 Å². The Labute approximate surface area is 66.8 Å². The molecule has 64 valence electrons. The van der Waals surface area contributed by atoms with Gasteiger partial charge in [-0.15, -0.1) is 0 Å². The van der Waals surface area contributed by atoms with Crippen molar-refractivity contribution in [3.8, 4) is 0 Å². The molecule has 0 saturated carbocycles. The van der Waals surface area contributed by atoms with Crippen molar-refractivity contribution in [2.24, 2.45) is 10.8 Å². The van der Waals surface area contributed by atoms with Gasteiger partial charge in [0.25, 0.3) is 0 Å². The molecule has 0 aliphatic carbocycles. The van der Waals surface area contributed by atoms with Crippen LogP contribution in [0.15, 0.2) is 5.10 Å². The molecule has 0 atom stereocenters. The first-order chi connectivity index (χ1) is 5.16. The van der Waals surface area contributed by atoms with E-state index in [1.54, 1.807) is 0 Å². The third kappa shape index (κ3) is 6.83. The van der Waals surface area contributed by atoms with Crippen molar-refractivity contribution in [1.82, 2.24) is 5.43 Å². The number of unbranched alkanes of at least 4 members (excludes halogenated alkanes) is 1. The quantitative estimate of drug-likeness (QED) is 0.467. The maximum absolute atomic E-state index is 10.2. The Hall–Kier alpha value is -1.06. The van der Waals surface area contributed by atoms with E-state index >= 15 is 0 Å². The normalized spacial score (nSPS) is 11.3. The zero-order valence-corrected chi connectivity index (χ0v) is 7.05. The molecule has 0 heterocycles. The van der Waals surface area contributed by atoms with E-state index in [2.05, 4.69) is 17.5 Å². The summed E-state index contributed by atoms with van der Waals surface area (Å²) in [4.78, 5) is 10.2. The standard InChI is InChI=1S/C7H15N3O/c1-3-4-5-6(2)9-10-7(8)11/h3-5H2,1-2H3,(H3,8,10,11)/b9-6-. The average molecular weight is 157 g/mol. The van der Waals surface area contributed by atoms with Crippen molar-refractivity contribution >= 4 is 11.7 Å². The summed E-state index contributed by atoms with van der Waals surface area (Å²) in [5.41, 5.74) is 7.90. The fraction of sp³-hybridized carbons (Fsp3) is 0.714. The molecule has 2 amide bonds. The summed E-state index contributed by atoms with van der Waals surface area (Å²) in [7, 11) is 0. The second-order valence-electron chi connectivity index (χ2n) is 2.43. The minimum atomic E-state index is -0.610. The summed E-state index contributed by atoms with van der Waals surface area (Å²) < 4.78 is 0. The van der Waals surface area contributed by atoms with Gasteiger partial charge in [0.1, 0.15) is 0 Å². The highest BCUT2D eigenvalue weighted by molar-refractivity contribution is 5.83. The highest BCUT2D eigenvalue weighted by atomic mass is 16.2. The van der Waals surface area contributed by atoms with Crippen molar-refractivity contribution < 1.29 is 4.79 Å². The summed E-state index contributed by atoms with van der Waals surface area (Å²) in [5.74, 6) is 0. The molecule has 0 bridgehead atoms. The van der Waals surface area contributed by atoms with Gasteiger partial charge in [0.05, 0.1) is 0 Å². The SMILES string of the molecule is CCCC/C(C)=N\NC(N)=O. The predicted molar refractivity (Wildman–Crippen MR) is 45.4 cm³/mol. The van der Waals surface area contributed by atoms with Gasteiger partial charge >= 0.3 is 6.03 Å². The maximum atomic E-state index is 10.2. The molecule has 0 aromatic heterocycles. The molecular formula is C7H15N3O. The van der Waals surface area contributed by atoms with Crippen molar-refractivity contribution in [2.45, 2.75) is 33.1 Å². The first kappa shape index (κ1) is 9.94. The number of nitrogens with two attached hydrogens (primary N) is 1. The number of hydrogen-bond donors (Lipinski definition) is 2. The average Bonchev–Trinajstić information content (AvgIpc) is 1.97. The van der Waals surface area contributed by atoms with E-state index in [0.717, 1.165) is 25.0 Å². The zero-order chi connectivity index (χ0) is 8.69.